The predicted molar refractivity (Wildman–Crippen MR) is 99.9 cm³/mol. The van der Waals surface area contributed by atoms with Crippen LogP contribution in [0.4, 0.5) is 11.4 Å². The van der Waals surface area contributed by atoms with Crippen LogP contribution in [0.1, 0.15) is 22.8 Å². The zero-order valence-corrected chi connectivity index (χ0v) is 14.5. The van der Waals surface area contributed by atoms with E-state index in [0.717, 1.165) is 43.9 Å². The summed E-state index contributed by atoms with van der Waals surface area (Å²) in [5.74, 6) is 0.126. The first kappa shape index (κ1) is 16.4. The summed E-state index contributed by atoms with van der Waals surface area (Å²) >= 11 is 0. The molecule has 1 aliphatic heterocycles. The second kappa shape index (κ2) is 7.39. The van der Waals surface area contributed by atoms with Crippen LogP contribution in [-0.4, -0.2) is 44.0 Å². The lowest BCUT2D eigenvalue weighted by molar-refractivity contribution is 0.0747. The minimum Gasteiger partial charge on any atom is -0.388 e. The Labute approximate surface area is 144 Å². The Morgan fingerprint density at radius 1 is 1.00 bits per heavy atom. The summed E-state index contributed by atoms with van der Waals surface area (Å²) in [6.07, 6.45) is 1.03. The lowest BCUT2D eigenvalue weighted by atomic mass is 10.1. The molecule has 1 heterocycles. The summed E-state index contributed by atoms with van der Waals surface area (Å²) in [6, 6.07) is 16.2. The zero-order valence-electron chi connectivity index (χ0n) is 14.5. The van der Waals surface area contributed by atoms with E-state index >= 15 is 0 Å². The van der Waals surface area contributed by atoms with E-state index in [2.05, 4.69) is 41.4 Å². The number of nitrogens with one attached hydrogen (secondary N) is 1. The van der Waals surface area contributed by atoms with Crippen LogP contribution in [0.3, 0.4) is 0 Å². The van der Waals surface area contributed by atoms with Gasteiger partial charge < -0.3 is 15.1 Å². The van der Waals surface area contributed by atoms with Gasteiger partial charge in [0.1, 0.15) is 0 Å². The summed E-state index contributed by atoms with van der Waals surface area (Å²) < 4.78 is 0. The van der Waals surface area contributed by atoms with Crippen molar-refractivity contribution in [1.29, 1.82) is 0 Å². The molecular formula is C20H25N3O. The molecule has 1 N–H and O–H groups in total. The van der Waals surface area contributed by atoms with Crippen LogP contribution >= 0.6 is 0 Å². The normalized spacial score (nSPS) is 14.6. The maximum atomic E-state index is 12.7. The van der Waals surface area contributed by atoms with Crippen LogP contribution in [0.25, 0.3) is 0 Å². The van der Waals surface area contributed by atoms with Gasteiger partial charge in [0.2, 0.25) is 0 Å². The molecular weight excluding hydrogens is 298 g/mol. The summed E-state index contributed by atoms with van der Waals surface area (Å²) in [4.78, 5) is 17.0. The molecule has 0 atom stereocenters. The van der Waals surface area contributed by atoms with Crippen molar-refractivity contribution in [3.63, 3.8) is 0 Å². The number of benzene rings is 2. The van der Waals surface area contributed by atoms with Crippen molar-refractivity contribution in [2.24, 2.45) is 0 Å². The largest absolute Gasteiger partial charge is 0.388 e. The van der Waals surface area contributed by atoms with E-state index in [0.29, 0.717) is 0 Å². The van der Waals surface area contributed by atoms with Gasteiger partial charge in [0.15, 0.2) is 0 Å². The van der Waals surface area contributed by atoms with Gasteiger partial charge in [-0.2, -0.15) is 0 Å². The van der Waals surface area contributed by atoms with Crippen molar-refractivity contribution in [2.75, 3.05) is 43.4 Å². The highest BCUT2D eigenvalue weighted by molar-refractivity contribution is 5.94. The maximum absolute atomic E-state index is 12.7. The molecule has 1 aliphatic rings. The topological polar surface area (TPSA) is 35.6 Å². The third-order valence-corrected chi connectivity index (χ3v) is 4.70. The Balaban J connectivity index is 1.65. The average Bonchev–Trinajstić information content (AvgIpc) is 2.67. The molecule has 0 spiro atoms. The molecule has 126 valence electrons. The summed E-state index contributed by atoms with van der Waals surface area (Å²) in [5.41, 5.74) is 4.47. The number of rotatable bonds is 4. The van der Waals surface area contributed by atoms with Crippen molar-refractivity contribution in [1.82, 2.24) is 4.90 Å². The van der Waals surface area contributed by atoms with Gasteiger partial charge in [-0.3, -0.25) is 4.79 Å². The highest BCUT2D eigenvalue weighted by Crippen LogP contribution is 2.23. The molecule has 24 heavy (non-hydrogen) atoms. The number of piperazine rings is 1. The van der Waals surface area contributed by atoms with Crippen molar-refractivity contribution in [3.05, 3.63) is 59.7 Å². The van der Waals surface area contributed by atoms with E-state index in [1.54, 1.807) is 0 Å². The number of carbonyl (C=O) groups excluding carboxylic acids is 1. The predicted octanol–water partition coefficient (Wildman–Crippen LogP) is 3.25. The number of hydrogen-bond donors (Lipinski definition) is 1. The van der Waals surface area contributed by atoms with Crippen molar-refractivity contribution >= 4 is 17.3 Å². The van der Waals surface area contributed by atoms with Gasteiger partial charge in [-0.1, -0.05) is 25.1 Å². The third-order valence-electron chi connectivity index (χ3n) is 4.70. The van der Waals surface area contributed by atoms with Gasteiger partial charge in [-0.25, -0.2) is 0 Å². The first-order valence-corrected chi connectivity index (χ1v) is 8.63. The van der Waals surface area contributed by atoms with E-state index in [9.17, 15) is 4.79 Å². The standard InChI is InChI=1S/C20H25N3O/c1-3-16-6-4-5-7-19(16)22-12-14-23(15-13-22)20(24)17-8-10-18(21-2)11-9-17/h4-11,21H,3,12-15H2,1-2H3. The molecule has 0 unspecified atom stereocenters. The number of carbonyl (C=O) groups is 1. The number of amides is 1. The fourth-order valence-corrected chi connectivity index (χ4v) is 3.23. The maximum Gasteiger partial charge on any atom is 0.253 e. The molecule has 1 saturated heterocycles. The Kier molecular flexibility index (Phi) is 5.04. The number of para-hydroxylation sites is 1. The van der Waals surface area contributed by atoms with E-state index < -0.39 is 0 Å². The van der Waals surface area contributed by atoms with Crippen LogP contribution in [0.2, 0.25) is 0 Å². The summed E-state index contributed by atoms with van der Waals surface area (Å²) in [6.45, 7) is 5.50. The minimum absolute atomic E-state index is 0.126. The number of hydrogen-bond acceptors (Lipinski definition) is 3. The average molecular weight is 323 g/mol. The van der Waals surface area contributed by atoms with Crippen molar-refractivity contribution in [3.8, 4) is 0 Å². The first-order chi connectivity index (χ1) is 11.7. The van der Waals surface area contributed by atoms with E-state index in [1.165, 1.54) is 11.3 Å². The van der Waals surface area contributed by atoms with Crippen molar-refractivity contribution < 1.29 is 4.79 Å². The molecule has 0 aromatic heterocycles. The Morgan fingerprint density at radius 3 is 2.29 bits per heavy atom. The van der Waals surface area contributed by atoms with Gasteiger partial charge in [-0.05, 0) is 42.3 Å². The Hall–Kier alpha value is -2.49. The van der Waals surface area contributed by atoms with Crippen LogP contribution < -0.4 is 10.2 Å². The van der Waals surface area contributed by atoms with Crippen LogP contribution in [0.15, 0.2) is 48.5 Å². The van der Waals surface area contributed by atoms with Crippen molar-refractivity contribution in [2.45, 2.75) is 13.3 Å². The fraction of sp³-hybridized carbons (Fsp3) is 0.350. The fourth-order valence-electron chi connectivity index (χ4n) is 3.23. The van der Waals surface area contributed by atoms with Crippen LogP contribution in [-0.2, 0) is 6.42 Å². The molecule has 3 rings (SSSR count). The lowest BCUT2D eigenvalue weighted by Gasteiger charge is -2.37. The number of anilines is 2. The molecule has 0 radical (unpaired) electrons. The van der Waals surface area contributed by atoms with Crippen LogP contribution in [0.5, 0.6) is 0 Å². The number of nitrogens with zero attached hydrogens (tertiary/aromatic N) is 2. The number of aryl methyl sites for hydroxylation is 1. The first-order valence-electron chi connectivity index (χ1n) is 8.63. The SMILES string of the molecule is CCc1ccccc1N1CCN(C(=O)c2ccc(NC)cc2)CC1. The Morgan fingerprint density at radius 2 is 1.67 bits per heavy atom. The summed E-state index contributed by atoms with van der Waals surface area (Å²) in [5, 5.41) is 3.08. The van der Waals surface area contributed by atoms with Gasteiger partial charge >= 0.3 is 0 Å². The third kappa shape index (κ3) is 3.37. The zero-order chi connectivity index (χ0) is 16.9. The second-order valence-electron chi connectivity index (χ2n) is 6.09. The van der Waals surface area contributed by atoms with Crippen LogP contribution in [0, 0.1) is 0 Å². The second-order valence-corrected chi connectivity index (χ2v) is 6.09. The molecule has 0 saturated carbocycles. The summed E-state index contributed by atoms with van der Waals surface area (Å²) in [7, 11) is 1.88. The van der Waals surface area contributed by atoms with Gasteiger partial charge in [0.05, 0.1) is 0 Å². The monoisotopic (exact) mass is 323 g/mol. The molecule has 0 bridgehead atoms. The van der Waals surface area contributed by atoms with E-state index in [1.807, 2.05) is 36.2 Å². The molecule has 4 heteroatoms. The molecule has 2 aromatic rings. The van der Waals surface area contributed by atoms with Gasteiger partial charge in [0, 0.05) is 50.2 Å². The highest BCUT2D eigenvalue weighted by Gasteiger charge is 2.23. The molecule has 4 nitrogen and oxygen atoms in total. The highest BCUT2D eigenvalue weighted by atomic mass is 16.2. The Bertz CT molecular complexity index is 688. The molecule has 2 aromatic carbocycles. The van der Waals surface area contributed by atoms with E-state index in [-0.39, 0.29) is 5.91 Å². The smallest absolute Gasteiger partial charge is 0.253 e. The van der Waals surface area contributed by atoms with Gasteiger partial charge in [0.25, 0.3) is 5.91 Å². The molecule has 1 fully saturated rings. The lowest BCUT2D eigenvalue weighted by Crippen LogP contribution is -2.49. The molecule has 1 amide bonds. The quantitative estimate of drug-likeness (QED) is 0.938. The van der Waals surface area contributed by atoms with E-state index in [4.69, 9.17) is 0 Å². The minimum atomic E-state index is 0.126. The van der Waals surface area contributed by atoms with Gasteiger partial charge in [-0.15, -0.1) is 0 Å². The molecule has 0 aliphatic carbocycles.